The molecule has 1 rings (SSSR count). The summed E-state index contributed by atoms with van der Waals surface area (Å²) < 4.78 is 0. The molecule has 3 unspecified atom stereocenters. The summed E-state index contributed by atoms with van der Waals surface area (Å²) in [7, 11) is 0. The number of hydrogen-bond donors (Lipinski definition) is 0. The second kappa shape index (κ2) is 7.79. The van der Waals surface area contributed by atoms with Gasteiger partial charge < -0.3 is 0 Å². The summed E-state index contributed by atoms with van der Waals surface area (Å²) in [6.45, 7) is 32.4. The minimum absolute atomic E-state index is 0.354. The SMILES string of the molecule is CC(C)C1CC(C(C)(C)C)CC(C(C)(C)C(C)(C)CC(C)(C)C(C)C)C1. The Balaban J connectivity index is 3.14. The van der Waals surface area contributed by atoms with E-state index in [9.17, 15) is 0 Å². The fraction of sp³-hybridized carbons (Fsp3) is 1.00. The second-order valence-electron chi connectivity index (χ2n) is 13.4. The molecule has 26 heavy (non-hydrogen) atoms. The predicted molar refractivity (Wildman–Crippen MR) is 119 cm³/mol. The second-order valence-corrected chi connectivity index (χ2v) is 13.4. The molecule has 0 amide bonds. The van der Waals surface area contributed by atoms with Gasteiger partial charge in [0.1, 0.15) is 0 Å². The van der Waals surface area contributed by atoms with Crippen molar-refractivity contribution in [3.8, 4) is 0 Å². The van der Waals surface area contributed by atoms with E-state index in [1.54, 1.807) is 0 Å². The average molecular weight is 365 g/mol. The van der Waals surface area contributed by atoms with Gasteiger partial charge in [-0.15, -0.1) is 0 Å². The van der Waals surface area contributed by atoms with E-state index in [1.165, 1.54) is 25.7 Å². The van der Waals surface area contributed by atoms with Crippen LogP contribution in [0.1, 0.15) is 116 Å². The third kappa shape index (κ3) is 5.29. The van der Waals surface area contributed by atoms with Crippen molar-refractivity contribution >= 4 is 0 Å². The van der Waals surface area contributed by atoms with Crippen LogP contribution in [-0.4, -0.2) is 0 Å². The molecule has 1 saturated carbocycles. The Hall–Kier alpha value is 0. The molecule has 1 fully saturated rings. The first-order valence-electron chi connectivity index (χ1n) is 11.4. The first-order valence-corrected chi connectivity index (χ1v) is 11.4. The Morgan fingerprint density at radius 1 is 0.692 bits per heavy atom. The zero-order chi connectivity index (χ0) is 20.7. The zero-order valence-corrected chi connectivity index (χ0v) is 20.7. The van der Waals surface area contributed by atoms with Crippen molar-refractivity contribution in [3.63, 3.8) is 0 Å². The molecule has 3 atom stereocenters. The molecule has 0 aromatic carbocycles. The normalized spacial score (nSPS) is 26.7. The highest BCUT2D eigenvalue weighted by Crippen LogP contribution is 2.58. The van der Waals surface area contributed by atoms with Crippen LogP contribution in [0.3, 0.4) is 0 Å². The third-order valence-corrected chi connectivity index (χ3v) is 9.14. The van der Waals surface area contributed by atoms with Gasteiger partial charge in [0.15, 0.2) is 0 Å². The van der Waals surface area contributed by atoms with Crippen molar-refractivity contribution in [3.05, 3.63) is 0 Å². The van der Waals surface area contributed by atoms with E-state index >= 15 is 0 Å². The summed E-state index contributed by atoms with van der Waals surface area (Å²) in [5, 5.41) is 0. The van der Waals surface area contributed by atoms with Gasteiger partial charge in [0, 0.05) is 0 Å². The lowest BCUT2D eigenvalue weighted by molar-refractivity contribution is -0.0562. The molecule has 0 radical (unpaired) electrons. The molecule has 0 aliphatic heterocycles. The molecule has 156 valence electrons. The summed E-state index contributed by atoms with van der Waals surface area (Å²) >= 11 is 0. The van der Waals surface area contributed by atoms with Crippen LogP contribution in [0.2, 0.25) is 0 Å². The Bertz CT molecular complexity index is 441. The summed E-state index contributed by atoms with van der Waals surface area (Å²) in [5.74, 6) is 4.14. The number of hydrogen-bond acceptors (Lipinski definition) is 0. The zero-order valence-electron chi connectivity index (χ0n) is 20.7. The smallest absolute Gasteiger partial charge is 0.0274 e. The van der Waals surface area contributed by atoms with E-state index in [0.29, 0.717) is 21.7 Å². The van der Waals surface area contributed by atoms with Crippen LogP contribution >= 0.6 is 0 Å². The van der Waals surface area contributed by atoms with Crippen LogP contribution < -0.4 is 0 Å². The van der Waals surface area contributed by atoms with Gasteiger partial charge in [-0.05, 0) is 76.9 Å². The summed E-state index contributed by atoms with van der Waals surface area (Å²) in [6.07, 6.45) is 5.60. The third-order valence-electron chi connectivity index (χ3n) is 9.14. The molecule has 0 N–H and O–H groups in total. The first-order chi connectivity index (χ1) is 11.4. The maximum absolute atomic E-state index is 2.59. The van der Waals surface area contributed by atoms with Crippen molar-refractivity contribution in [2.75, 3.05) is 0 Å². The van der Waals surface area contributed by atoms with Crippen LogP contribution in [0.4, 0.5) is 0 Å². The van der Waals surface area contributed by atoms with Crippen LogP contribution in [-0.2, 0) is 0 Å². The lowest BCUT2D eigenvalue weighted by Crippen LogP contribution is -2.47. The van der Waals surface area contributed by atoms with E-state index in [1.807, 2.05) is 0 Å². The molecule has 1 aliphatic carbocycles. The Morgan fingerprint density at radius 2 is 1.15 bits per heavy atom. The van der Waals surface area contributed by atoms with Gasteiger partial charge in [-0.1, -0.05) is 90.0 Å². The fourth-order valence-electron chi connectivity index (χ4n) is 5.33. The van der Waals surface area contributed by atoms with E-state index in [0.717, 1.165) is 29.6 Å². The molecule has 0 aromatic rings. The highest BCUT2D eigenvalue weighted by Gasteiger charge is 2.49. The van der Waals surface area contributed by atoms with Crippen LogP contribution in [0.15, 0.2) is 0 Å². The highest BCUT2D eigenvalue weighted by atomic mass is 14.5. The minimum atomic E-state index is 0.354. The molecule has 0 saturated heterocycles. The molecular formula is C26H52. The van der Waals surface area contributed by atoms with Gasteiger partial charge in [0.2, 0.25) is 0 Å². The Morgan fingerprint density at radius 3 is 1.54 bits per heavy atom. The number of rotatable bonds is 6. The van der Waals surface area contributed by atoms with Gasteiger partial charge >= 0.3 is 0 Å². The van der Waals surface area contributed by atoms with Gasteiger partial charge in [-0.2, -0.15) is 0 Å². The average Bonchev–Trinajstić information content (AvgIpc) is 2.44. The standard InChI is InChI=1S/C26H52/c1-18(2)20-14-21(23(5,6)7)16-22(15-20)26(12,13)25(10,11)17-24(8,9)19(3)4/h18-22H,14-17H2,1-13H3. The maximum atomic E-state index is 2.59. The van der Waals surface area contributed by atoms with E-state index in [2.05, 4.69) is 90.0 Å². The Kier molecular flexibility index (Phi) is 7.20. The molecular weight excluding hydrogens is 312 g/mol. The van der Waals surface area contributed by atoms with Gasteiger partial charge in [-0.25, -0.2) is 0 Å². The molecule has 0 heteroatoms. The van der Waals surface area contributed by atoms with Crippen molar-refractivity contribution in [1.82, 2.24) is 0 Å². The molecule has 0 spiro atoms. The Labute approximate surface area is 167 Å². The maximum Gasteiger partial charge on any atom is -0.0274 e. The summed E-state index contributed by atoms with van der Waals surface area (Å²) in [5.41, 5.74) is 1.56. The van der Waals surface area contributed by atoms with E-state index in [4.69, 9.17) is 0 Å². The lowest BCUT2D eigenvalue weighted by atomic mass is 9.50. The predicted octanol–water partition coefficient (Wildman–Crippen LogP) is 8.85. The summed E-state index contributed by atoms with van der Waals surface area (Å²) in [4.78, 5) is 0. The molecule has 0 aromatic heterocycles. The largest absolute Gasteiger partial charge is 0.0625 e. The van der Waals surface area contributed by atoms with Crippen LogP contribution in [0, 0.1) is 51.2 Å². The minimum Gasteiger partial charge on any atom is -0.0625 e. The van der Waals surface area contributed by atoms with Crippen molar-refractivity contribution < 1.29 is 0 Å². The van der Waals surface area contributed by atoms with Crippen molar-refractivity contribution in [2.45, 2.75) is 116 Å². The molecule has 0 bridgehead atoms. The first kappa shape index (κ1) is 24.0. The van der Waals surface area contributed by atoms with Gasteiger partial charge in [-0.3, -0.25) is 0 Å². The van der Waals surface area contributed by atoms with Crippen molar-refractivity contribution in [2.24, 2.45) is 51.2 Å². The quantitative estimate of drug-likeness (QED) is 0.441. The molecule has 1 aliphatic rings. The summed E-state index contributed by atoms with van der Waals surface area (Å²) in [6, 6.07) is 0. The molecule has 0 nitrogen and oxygen atoms in total. The lowest BCUT2D eigenvalue weighted by Gasteiger charge is -2.55. The topological polar surface area (TPSA) is 0 Å². The van der Waals surface area contributed by atoms with Crippen LogP contribution in [0.25, 0.3) is 0 Å². The highest BCUT2D eigenvalue weighted by molar-refractivity contribution is 4.99. The van der Waals surface area contributed by atoms with E-state index in [-0.39, 0.29) is 0 Å². The van der Waals surface area contributed by atoms with Crippen LogP contribution in [0.5, 0.6) is 0 Å². The van der Waals surface area contributed by atoms with Gasteiger partial charge in [0.25, 0.3) is 0 Å². The van der Waals surface area contributed by atoms with E-state index < -0.39 is 0 Å². The van der Waals surface area contributed by atoms with Crippen molar-refractivity contribution in [1.29, 1.82) is 0 Å². The molecule has 0 heterocycles. The fourth-order valence-corrected chi connectivity index (χ4v) is 5.33. The van der Waals surface area contributed by atoms with Gasteiger partial charge in [0.05, 0.1) is 0 Å². The monoisotopic (exact) mass is 364 g/mol.